The standard InChI is InChI=1S/C14H16ClN3OS.ClH/c1-18(8-10-3-2-4-11(15)7-10)14(19)12-9-20-13(17-12)5-6-16;/h2-4,7,9H,5-6,8,16H2,1H3;1H. The first-order chi connectivity index (χ1) is 9.60. The summed E-state index contributed by atoms with van der Waals surface area (Å²) in [7, 11) is 1.76. The zero-order valence-corrected chi connectivity index (χ0v) is 14.0. The summed E-state index contributed by atoms with van der Waals surface area (Å²) in [4.78, 5) is 18.2. The van der Waals surface area contributed by atoms with Crippen LogP contribution in [0.15, 0.2) is 29.6 Å². The van der Waals surface area contributed by atoms with Gasteiger partial charge in [-0.2, -0.15) is 0 Å². The summed E-state index contributed by atoms with van der Waals surface area (Å²) in [5.41, 5.74) is 6.95. The number of nitrogens with zero attached hydrogens (tertiary/aromatic N) is 2. The Kier molecular flexibility index (Phi) is 7.11. The Balaban J connectivity index is 0.00000220. The van der Waals surface area contributed by atoms with Gasteiger partial charge in [-0.15, -0.1) is 23.7 Å². The number of hydrogen-bond donors (Lipinski definition) is 1. The minimum absolute atomic E-state index is 0. The topological polar surface area (TPSA) is 59.2 Å². The van der Waals surface area contributed by atoms with E-state index in [9.17, 15) is 4.79 Å². The molecule has 0 fully saturated rings. The molecule has 0 bridgehead atoms. The van der Waals surface area contributed by atoms with Crippen molar-refractivity contribution in [3.63, 3.8) is 0 Å². The molecule has 0 spiro atoms. The van der Waals surface area contributed by atoms with Crippen LogP contribution in [0.5, 0.6) is 0 Å². The molecule has 0 aliphatic rings. The molecule has 21 heavy (non-hydrogen) atoms. The quantitative estimate of drug-likeness (QED) is 0.905. The molecular weight excluding hydrogens is 329 g/mol. The van der Waals surface area contributed by atoms with Crippen LogP contribution in [-0.2, 0) is 13.0 Å². The molecule has 0 atom stereocenters. The van der Waals surface area contributed by atoms with Crippen LogP contribution in [0.1, 0.15) is 21.1 Å². The molecule has 0 aliphatic carbocycles. The van der Waals surface area contributed by atoms with E-state index >= 15 is 0 Å². The second-order valence-corrected chi connectivity index (χ2v) is 5.84. The zero-order chi connectivity index (χ0) is 14.5. The third-order valence-electron chi connectivity index (χ3n) is 2.78. The van der Waals surface area contributed by atoms with Gasteiger partial charge in [0.1, 0.15) is 5.69 Å². The molecule has 0 saturated heterocycles. The van der Waals surface area contributed by atoms with Crippen LogP contribution in [0.25, 0.3) is 0 Å². The first kappa shape index (κ1) is 17.9. The number of hydrogen-bond acceptors (Lipinski definition) is 4. The van der Waals surface area contributed by atoms with Gasteiger partial charge in [-0.25, -0.2) is 4.98 Å². The van der Waals surface area contributed by atoms with E-state index in [0.29, 0.717) is 30.2 Å². The maximum Gasteiger partial charge on any atom is 0.273 e. The average Bonchev–Trinajstić information content (AvgIpc) is 2.87. The number of carbonyl (C=O) groups is 1. The number of benzene rings is 1. The predicted octanol–water partition coefficient (Wildman–Crippen LogP) is 2.99. The van der Waals surface area contributed by atoms with Crippen LogP contribution in [0, 0.1) is 0 Å². The Bertz CT molecular complexity index is 603. The summed E-state index contributed by atoms with van der Waals surface area (Å²) >= 11 is 7.41. The van der Waals surface area contributed by atoms with Crippen molar-refractivity contribution in [3.8, 4) is 0 Å². The van der Waals surface area contributed by atoms with Crippen LogP contribution >= 0.6 is 35.3 Å². The Hall–Kier alpha value is -1.14. The van der Waals surface area contributed by atoms with E-state index in [1.807, 2.05) is 24.3 Å². The number of halogens is 2. The van der Waals surface area contributed by atoms with Crippen molar-refractivity contribution in [3.05, 3.63) is 50.9 Å². The van der Waals surface area contributed by atoms with Crippen molar-refractivity contribution in [2.45, 2.75) is 13.0 Å². The van der Waals surface area contributed by atoms with E-state index < -0.39 is 0 Å². The lowest BCUT2D eigenvalue weighted by atomic mass is 10.2. The van der Waals surface area contributed by atoms with Crippen LogP contribution in [0.3, 0.4) is 0 Å². The fourth-order valence-corrected chi connectivity index (χ4v) is 2.82. The maximum atomic E-state index is 12.3. The fourth-order valence-electron chi connectivity index (χ4n) is 1.82. The first-order valence-corrected chi connectivity index (χ1v) is 7.50. The largest absolute Gasteiger partial charge is 0.336 e. The number of nitrogens with two attached hydrogens (primary N) is 1. The van der Waals surface area contributed by atoms with E-state index in [1.165, 1.54) is 11.3 Å². The number of amides is 1. The van der Waals surface area contributed by atoms with Crippen LogP contribution in [-0.4, -0.2) is 29.4 Å². The third-order valence-corrected chi connectivity index (χ3v) is 3.93. The first-order valence-electron chi connectivity index (χ1n) is 6.24. The average molecular weight is 346 g/mol. The van der Waals surface area contributed by atoms with Gasteiger partial charge in [0.15, 0.2) is 0 Å². The van der Waals surface area contributed by atoms with E-state index in [4.69, 9.17) is 17.3 Å². The van der Waals surface area contributed by atoms with Gasteiger partial charge in [-0.1, -0.05) is 23.7 Å². The molecular formula is C14H17Cl2N3OS. The van der Waals surface area contributed by atoms with Crippen molar-refractivity contribution in [1.82, 2.24) is 9.88 Å². The molecule has 0 aliphatic heterocycles. The summed E-state index contributed by atoms with van der Waals surface area (Å²) in [5, 5.41) is 3.34. The van der Waals surface area contributed by atoms with Crippen molar-refractivity contribution >= 4 is 41.3 Å². The summed E-state index contributed by atoms with van der Waals surface area (Å²) < 4.78 is 0. The van der Waals surface area contributed by atoms with Crippen molar-refractivity contribution in [1.29, 1.82) is 0 Å². The highest BCUT2D eigenvalue weighted by Gasteiger charge is 2.15. The SMILES string of the molecule is CN(Cc1cccc(Cl)c1)C(=O)c1csc(CCN)n1.Cl. The van der Waals surface area contributed by atoms with Crippen LogP contribution in [0.2, 0.25) is 5.02 Å². The van der Waals surface area contributed by atoms with Crippen molar-refractivity contribution < 1.29 is 4.79 Å². The molecule has 114 valence electrons. The Labute approximate surface area is 139 Å². The van der Waals surface area contributed by atoms with Gasteiger partial charge in [0.25, 0.3) is 5.91 Å². The second-order valence-electron chi connectivity index (χ2n) is 4.46. The number of thiazole rings is 1. The molecule has 2 N–H and O–H groups in total. The molecule has 0 radical (unpaired) electrons. The number of aromatic nitrogens is 1. The molecule has 1 aromatic carbocycles. The van der Waals surface area contributed by atoms with Gasteiger partial charge < -0.3 is 10.6 Å². The molecule has 4 nitrogen and oxygen atoms in total. The van der Waals surface area contributed by atoms with Crippen molar-refractivity contribution in [2.24, 2.45) is 5.73 Å². The summed E-state index contributed by atoms with van der Waals surface area (Å²) in [6.45, 7) is 1.04. The maximum absolute atomic E-state index is 12.3. The molecule has 0 unspecified atom stereocenters. The summed E-state index contributed by atoms with van der Waals surface area (Å²) in [6.07, 6.45) is 0.704. The summed E-state index contributed by atoms with van der Waals surface area (Å²) in [6, 6.07) is 7.48. The lowest BCUT2D eigenvalue weighted by Gasteiger charge is -2.16. The highest BCUT2D eigenvalue weighted by atomic mass is 35.5. The van der Waals surface area contributed by atoms with E-state index in [1.54, 1.807) is 17.3 Å². The normalized spacial score (nSPS) is 10.0. The monoisotopic (exact) mass is 345 g/mol. The Morgan fingerprint density at radius 1 is 1.48 bits per heavy atom. The molecule has 2 rings (SSSR count). The van der Waals surface area contributed by atoms with Gasteiger partial charge in [-0.3, -0.25) is 4.79 Å². The zero-order valence-electron chi connectivity index (χ0n) is 11.6. The van der Waals surface area contributed by atoms with E-state index in [0.717, 1.165) is 10.6 Å². The predicted molar refractivity (Wildman–Crippen MR) is 89.4 cm³/mol. The number of rotatable bonds is 5. The minimum atomic E-state index is -0.0931. The Morgan fingerprint density at radius 3 is 2.90 bits per heavy atom. The van der Waals surface area contributed by atoms with Gasteiger partial charge in [-0.05, 0) is 24.2 Å². The Morgan fingerprint density at radius 2 is 2.24 bits per heavy atom. The van der Waals surface area contributed by atoms with Gasteiger partial charge >= 0.3 is 0 Å². The smallest absolute Gasteiger partial charge is 0.273 e. The summed E-state index contributed by atoms with van der Waals surface area (Å²) in [5.74, 6) is -0.0931. The highest BCUT2D eigenvalue weighted by molar-refractivity contribution is 7.09. The van der Waals surface area contributed by atoms with Crippen LogP contribution < -0.4 is 5.73 Å². The molecule has 1 amide bonds. The third kappa shape index (κ3) is 4.97. The highest BCUT2D eigenvalue weighted by Crippen LogP contribution is 2.15. The molecule has 2 aromatic rings. The van der Waals surface area contributed by atoms with Crippen LogP contribution in [0.4, 0.5) is 0 Å². The number of carbonyl (C=O) groups excluding carboxylic acids is 1. The van der Waals surface area contributed by atoms with E-state index in [2.05, 4.69) is 4.98 Å². The van der Waals surface area contributed by atoms with Gasteiger partial charge in [0, 0.05) is 30.4 Å². The van der Waals surface area contributed by atoms with Crippen molar-refractivity contribution in [2.75, 3.05) is 13.6 Å². The minimum Gasteiger partial charge on any atom is -0.336 e. The molecule has 0 saturated carbocycles. The fraction of sp³-hybridized carbons (Fsp3) is 0.286. The second kappa shape index (κ2) is 8.34. The van der Waals surface area contributed by atoms with Gasteiger partial charge in [0.05, 0.1) is 5.01 Å². The molecule has 7 heteroatoms. The lowest BCUT2D eigenvalue weighted by molar-refractivity contribution is 0.0780. The van der Waals surface area contributed by atoms with Gasteiger partial charge in [0.2, 0.25) is 0 Å². The molecule has 1 heterocycles. The lowest BCUT2D eigenvalue weighted by Crippen LogP contribution is -2.26. The van der Waals surface area contributed by atoms with E-state index in [-0.39, 0.29) is 18.3 Å². The molecule has 1 aromatic heterocycles.